The lowest BCUT2D eigenvalue weighted by atomic mass is 9.68. The molecule has 4 aromatic rings. The molecule has 0 aliphatic carbocycles. The molecule has 0 unspecified atom stereocenters. The Hall–Kier alpha value is -4.75. The lowest BCUT2D eigenvalue weighted by molar-refractivity contribution is -0.169. The van der Waals surface area contributed by atoms with Crippen LogP contribution in [0.5, 0.6) is 0 Å². The first-order valence-corrected chi connectivity index (χ1v) is 15.8. The van der Waals surface area contributed by atoms with Gasteiger partial charge >= 0.3 is 17.9 Å². The molecule has 234 valence electrons. The maximum atomic E-state index is 14.6. The Morgan fingerprint density at radius 2 is 1.20 bits per heavy atom. The molecule has 1 fully saturated rings. The van der Waals surface area contributed by atoms with Crippen molar-refractivity contribution in [2.24, 2.45) is 5.41 Å². The van der Waals surface area contributed by atoms with Gasteiger partial charge in [0.1, 0.15) is 0 Å². The predicted octanol–water partition coefficient (Wildman–Crippen LogP) is 6.93. The maximum Gasteiger partial charge on any atom is 0.335 e. The predicted molar refractivity (Wildman–Crippen MR) is 178 cm³/mol. The highest BCUT2D eigenvalue weighted by molar-refractivity contribution is 9.10. The Balaban J connectivity index is 2.07. The largest absolute Gasteiger partial charge is 0.467 e. The summed E-state index contributed by atoms with van der Waals surface area (Å²) < 4.78 is 17.8. The fraction of sp³-hybridized carbons (Fsp3) is 0.211. The molecule has 8 heteroatoms. The van der Waals surface area contributed by atoms with Crippen molar-refractivity contribution >= 4 is 39.4 Å². The van der Waals surface area contributed by atoms with Crippen molar-refractivity contribution in [3.05, 3.63) is 153 Å². The summed E-state index contributed by atoms with van der Waals surface area (Å²) in [6.07, 6.45) is 0. The Morgan fingerprint density at radius 3 is 1.65 bits per heavy atom. The Kier molecular flexibility index (Phi) is 10.0. The minimum atomic E-state index is -2.21. The minimum Gasteiger partial charge on any atom is -0.467 e. The monoisotopic (exact) mass is 679 g/mol. The summed E-state index contributed by atoms with van der Waals surface area (Å²) in [7, 11) is 1.27. The first-order valence-electron chi connectivity index (χ1n) is 15.0. The van der Waals surface area contributed by atoms with Crippen molar-refractivity contribution in [2.75, 3.05) is 20.3 Å². The van der Waals surface area contributed by atoms with Crippen LogP contribution in [0.3, 0.4) is 0 Å². The van der Waals surface area contributed by atoms with Crippen LogP contribution in [-0.4, -0.2) is 38.2 Å². The molecule has 1 N–H and O–H groups in total. The van der Waals surface area contributed by atoms with Gasteiger partial charge in [0.2, 0.25) is 5.41 Å². The molecule has 1 aliphatic rings. The van der Waals surface area contributed by atoms with E-state index < -0.39 is 34.9 Å². The molecule has 1 heterocycles. The Labute approximate surface area is 277 Å². The summed E-state index contributed by atoms with van der Waals surface area (Å²) in [6.45, 7) is 3.28. The Bertz CT molecular complexity index is 1710. The molecule has 46 heavy (non-hydrogen) atoms. The molecule has 0 radical (unpaired) electrons. The van der Waals surface area contributed by atoms with Crippen LogP contribution < -0.4 is 5.32 Å². The first-order chi connectivity index (χ1) is 22.3. The third-order valence-corrected chi connectivity index (χ3v) is 8.56. The topological polar surface area (TPSA) is 90.9 Å². The van der Waals surface area contributed by atoms with Crippen molar-refractivity contribution in [2.45, 2.75) is 25.4 Å². The molecule has 0 bridgehead atoms. The summed E-state index contributed by atoms with van der Waals surface area (Å²) in [5, 5.41) is 3.43. The van der Waals surface area contributed by atoms with Crippen molar-refractivity contribution < 1.29 is 28.6 Å². The average Bonchev–Trinajstić information content (AvgIpc) is 3.41. The van der Waals surface area contributed by atoms with E-state index >= 15 is 0 Å². The zero-order valence-electron chi connectivity index (χ0n) is 25.8. The number of carbonyl (C=O) groups excluding carboxylic acids is 3. The van der Waals surface area contributed by atoms with Crippen molar-refractivity contribution in [3.63, 3.8) is 0 Å². The molecule has 0 spiro atoms. The fourth-order valence-corrected chi connectivity index (χ4v) is 6.29. The number of carbonyl (C=O) groups is 3. The SMILES string of the molecule is CCOC(=O)C1(C(=O)OCC)C(=C=C(c2ccccc2)c2ccccc2)[C@@](C(=O)OC)(c2ccccc2)N[C@@H]1c1ccc(Br)cc1. The fourth-order valence-electron chi connectivity index (χ4n) is 6.02. The molecule has 0 aromatic heterocycles. The quantitative estimate of drug-likeness (QED) is 0.0888. The number of halogens is 1. The number of methoxy groups -OCH3 is 1. The van der Waals surface area contributed by atoms with Gasteiger partial charge in [-0.2, -0.15) is 0 Å². The second-order valence-electron chi connectivity index (χ2n) is 10.6. The van der Waals surface area contributed by atoms with Crippen molar-refractivity contribution in [1.29, 1.82) is 0 Å². The van der Waals surface area contributed by atoms with Crippen molar-refractivity contribution in [3.8, 4) is 0 Å². The van der Waals surface area contributed by atoms with Gasteiger partial charge in [0.05, 0.1) is 26.4 Å². The lowest BCUT2D eigenvalue weighted by Crippen LogP contribution is -2.48. The zero-order valence-corrected chi connectivity index (χ0v) is 27.4. The number of hydrogen-bond acceptors (Lipinski definition) is 7. The van der Waals surface area contributed by atoms with Crippen LogP contribution >= 0.6 is 15.9 Å². The molecule has 7 nitrogen and oxygen atoms in total. The molecular weight excluding hydrogens is 646 g/mol. The highest BCUT2D eigenvalue weighted by Crippen LogP contribution is 2.57. The Morgan fingerprint density at radius 1 is 0.717 bits per heavy atom. The smallest absolute Gasteiger partial charge is 0.335 e. The third-order valence-electron chi connectivity index (χ3n) is 8.03. The molecule has 0 saturated carbocycles. The van der Waals surface area contributed by atoms with Crippen LogP contribution in [0.1, 0.15) is 42.1 Å². The molecule has 2 atom stereocenters. The number of benzene rings is 4. The minimum absolute atomic E-state index is 0.00516. The second kappa shape index (κ2) is 14.1. The average molecular weight is 681 g/mol. The number of nitrogens with one attached hydrogen (secondary N) is 1. The number of hydrogen-bond donors (Lipinski definition) is 1. The summed E-state index contributed by atoms with van der Waals surface area (Å²) in [4.78, 5) is 43.7. The van der Waals surface area contributed by atoms with Crippen LogP contribution in [0.25, 0.3) is 5.57 Å². The summed E-state index contributed by atoms with van der Waals surface area (Å²) >= 11 is 3.48. The first kappa shape index (κ1) is 32.6. The van der Waals surface area contributed by atoms with Crippen LogP contribution in [0.4, 0.5) is 0 Å². The van der Waals surface area contributed by atoms with Crippen LogP contribution in [0.2, 0.25) is 0 Å². The molecule has 1 aliphatic heterocycles. The van der Waals surface area contributed by atoms with E-state index in [4.69, 9.17) is 14.2 Å². The van der Waals surface area contributed by atoms with Gasteiger partial charge in [0.15, 0.2) is 5.54 Å². The van der Waals surface area contributed by atoms with Gasteiger partial charge in [-0.25, -0.2) is 4.79 Å². The van der Waals surface area contributed by atoms with Gasteiger partial charge in [-0.05, 0) is 48.2 Å². The van der Waals surface area contributed by atoms with Gasteiger partial charge in [-0.15, -0.1) is 5.73 Å². The summed E-state index contributed by atoms with van der Waals surface area (Å²) in [5.41, 5.74) is 2.47. The molecule has 0 amide bonds. The maximum absolute atomic E-state index is 14.6. The van der Waals surface area contributed by atoms with Gasteiger partial charge in [0, 0.05) is 15.6 Å². The molecule has 5 rings (SSSR count). The van der Waals surface area contributed by atoms with E-state index in [0.717, 1.165) is 15.6 Å². The highest BCUT2D eigenvalue weighted by atomic mass is 79.9. The summed E-state index contributed by atoms with van der Waals surface area (Å²) in [5.74, 6) is -2.49. The van der Waals surface area contributed by atoms with E-state index in [1.165, 1.54) is 7.11 Å². The third kappa shape index (κ3) is 5.71. The van der Waals surface area contributed by atoms with Crippen molar-refractivity contribution in [1.82, 2.24) is 5.32 Å². The normalized spacial score (nSPS) is 18.3. The number of rotatable bonds is 9. The number of ether oxygens (including phenoxy) is 3. The second-order valence-corrected chi connectivity index (χ2v) is 11.5. The highest BCUT2D eigenvalue weighted by Gasteiger charge is 2.72. The van der Waals surface area contributed by atoms with Crippen LogP contribution in [-0.2, 0) is 34.1 Å². The zero-order chi connectivity index (χ0) is 32.7. The van der Waals surface area contributed by atoms with E-state index in [2.05, 4.69) is 27.0 Å². The summed E-state index contributed by atoms with van der Waals surface area (Å²) in [6, 6.07) is 33.9. The van der Waals surface area contributed by atoms with Crippen LogP contribution in [0, 0.1) is 5.41 Å². The molecule has 1 saturated heterocycles. The lowest BCUT2D eigenvalue weighted by Gasteiger charge is -2.32. The van der Waals surface area contributed by atoms with Gasteiger partial charge < -0.3 is 14.2 Å². The van der Waals surface area contributed by atoms with Crippen LogP contribution in [0.15, 0.2) is 131 Å². The van der Waals surface area contributed by atoms with E-state index in [1.54, 1.807) is 62.4 Å². The number of esters is 3. The molecule has 4 aromatic carbocycles. The van der Waals surface area contributed by atoms with E-state index in [0.29, 0.717) is 16.7 Å². The van der Waals surface area contributed by atoms with E-state index in [9.17, 15) is 14.4 Å². The van der Waals surface area contributed by atoms with E-state index in [1.807, 2.05) is 66.7 Å². The van der Waals surface area contributed by atoms with Gasteiger partial charge in [-0.1, -0.05) is 119 Å². The van der Waals surface area contributed by atoms with E-state index in [-0.39, 0.29) is 18.8 Å². The van der Waals surface area contributed by atoms with Gasteiger partial charge in [-0.3, -0.25) is 14.9 Å². The molecular formula is C38H34BrNO6. The standard InChI is InChI=1S/C38H34BrNO6/c1-4-45-34(41)37(35(42)46-5-2)32(25-31(26-15-9-6-10-16-26)27-17-11-7-12-18-27)38(36(43)44-3,29-19-13-8-14-20-29)40-33(37)28-21-23-30(39)24-22-28/h6-24,33,40H,4-5H2,1-3H3/t33-,38-/m1/s1. The van der Waals surface area contributed by atoms with Gasteiger partial charge in [0.25, 0.3) is 0 Å².